The third-order valence-corrected chi connectivity index (χ3v) is 5.85. The standard InChI is InChI=1S/C16H16N2O4S2/c1-22-13-6-2-11(3-7-13)16-18(15(19)10-23-16)12-4-8-14(9-5-12)24(17,20)21/h2-9,16H,10H2,1H3,(H2,17,20,21). The lowest BCUT2D eigenvalue weighted by atomic mass is 10.2. The van der Waals surface area contributed by atoms with Crippen LogP contribution in [0.25, 0.3) is 0 Å². The second kappa shape index (κ2) is 6.46. The molecule has 0 aliphatic carbocycles. The van der Waals surface area contributed by atoms with Crippen molar-refractivity contribution in [1.82, 2.24) is 0 Å². The summed E-state index contributed by atoms with van der Waals surface area (Å²) in [7, 11) is -2.15. The number of nitrogens with zero attached hydrogens (tertiary/aromatic N) is 1. The van der Waals surface area contributed by atoms with Gasteiger partial charge >= 0.3 is 0 Å². The van der Waals surface area contributed by atoms with Crippen LogP contribution in [-0.2, 0) is 14.8 Å². The second-order valence-electron chi connectivity index (χ2n) is 5.24. The summed E-state index contributed by atoms with van der Waals surface area (Å²) in [5.41, 5.74) is 1.61. The van der Waals surface area contributed by atoms with Crippen LogP contribution in [0.4, 0.5) is 5.69 Å². The van der Waals surface area contributed by atoms with Gasteiger partial charge in [-0.1, -0.05) is 12.1 Å². The predicted octanol–water partition coefficient (Wildman–Crippen LogP) is 2.12. The van der Waals surface area contributed by atoms with E-state index in [1.807, 2.05) is 24.3 Å². The zero-order valence-electron chi connectivity index (χ0n) is 12.9. The maximum atomic E-state index is 12.3. The molecule has 1 aliphatic rings. The Hall–Kier alpha value is -2.03. The molecule has 3 rings (SSSR count). The number of primary sulfonamides is 1. The Bertz CT molecular complexity index is 849. The summed E-state index contributed by atoms with van der Waals surface area (Å²) in [5, 5.41) is 4.95. The van der Waals surface area contributed by atoms with Crippen molar-refractivity contribution >= 4 is 33.4 Å². The van der Waals surface area contributed by atoms with E-state index in [1.165, 1.54) is 23.9 Å². The normalized spacial score (nSPS) is 18.0. The van der Waals surface area contributed by atoms with E-state index < -0.39 is 10.0 Å². The van der Waals surface area contributed by atoms with Gasteiger partial charge in [-0.05, 0) is 42.0 Å². The fraction of sp³-hybridized carbons (Fsp3) is 0.188. The molecule has 1 fully saturated rings. The molecule has 2 N–H and O–H groups in total. The summed E-state index contributed by atoms with van der Waals surface area (Å²) in [6, 6.07) is 13.5. The fourth-order valence-electron chi connectivity index (χ4n) is 2.51. The number of methoxy groups -OCH3 is 1. The van der Waals surface area contributed by atoms with E-state index in [2.05, 4.69) is 0 Å². The summed E-state index contributed by atoms with van der Waals surface area (Å²) in [6.07, 6.45) is 0. The number of hydrogen-bond acceptors (Lipinski definition) is 5. The van der Waals surface area contributed by atoms with Crippen LogP contribution in [0.2, 0.25) is 0 Å². The topological polar surface area (TPSA) is 89.7 Å². The zero-order valence-corrected chi connectivity index (χ0v) is 14.5. The molecule has 0 saturated carbocycles. The van der Waals surface area contributed by atoms with Gasteiger partial charge in [0.2, 0.25) is 15.9 Å². The SMILES string of the molecule is COc1ccc(C2SCC(=O)N2c2ccc(S(N)(=O)=O)cc2)cc1. The Morgan fingerprint density at radius 2 is 1.75 bits per heavy atom. The number of anilines is 1. The molecule has 126 valence electrons. The van der Waals surface area contributed by atoms with Gasteiger partial charge in [-0.15, -0.1) is 11.8 Å². The molecule has 0 bridgehead atoms. The first-order valence-electron chi connectivity index (χ1n) is 7.10. The Morgan fingerprint density at radius 1 is 1.12 bits per heavy atom. The van der Waals surface area contributed by atoms with Crippen LogP contribution in [0.5, 0.6) is 5.75 Å². The van der Waals surface area contributed by atoms with Crippen LogP contribution in [0.3, 0.4) is 0 Å². The zero-order chi connectivity index (χ0) is 17.3. The van der Waals surface area contributed by atoms with Crippen LogP contribution >= 0.6 is 11.8 Å². The van der Waals surface area contributed by atoms with Crippen LogP contribution in [0.1, 0.15) is 10.9 Å². The van der Waals surface area contributed by atoms with Crippen molar-refractivity contribution in [3.8, 4) is 5.75 Å². The average molecular weight is 364 g/mol. The minimum atomic E-state index is -3.75. The van der Waals surface area contributed by atoms with Crippen molar-refractivity contribution < 1.29 is 17.9 Å². The number of carbonyl (C=O) groups is 1. The molecule has 0 spiro atoms. The van der Waals surface area contributed by atoms with E-state index in [0.29, 0.717) is 11.4 Å². The molecule has 2 aromatic rings. The van der Waals surface area contributed by atoms with Crippen molar-refractivity contribution in [3.05, 3.63) is 54.1 Å². The number of ether oxygens (including phenoxy) is 1. The largest absolute Gasteiger partial charge is 0.497 e. The van der Waals surface area contributed by atoms with Crippen molar-refractivity contribution in [3.63, 3.8) is 0 Å². The molecule has 1 aliphatic heterocycles. The summed E-state index contributed by atoms with van der Waals surface area (Å²) in [6.45, 7) is 0. The third kappa shape index (κ3) is 3.26. The van der Waals surface area contributed by atoms with Crippen molar-refractivity contribution in [1.29, 1.82) is 0 Å². The van der Waals surface area contributed by atoms with E-state index >= 15 is 0 Å². The second-order valence-corrected chi connectivity index (χ2v) is 7.87. The number of nitrogens with two attached hydrogens (primary N) is 1. The van der Waals surface area contributed by atoms with Gasteiger partial charge in [0, 0.05) is 5.69 Å². The number of carbonyl (C=O) groups excluding carboxylic acids is 1. The predicted molar refractivity (Wildman–Crippen MR) is 93.5 cm³/mol. The van der Waals surface area contributed by atoms with E-state index in [-0.39, 0.29) is 16.2 Å². The quantitative estimate of drug-likeness (QED) is 0.897. The molecule has 1 unspecified atom stereocenters. The highest BCUT2D eigenvalue weighted by atomic mass is 32.2. The minimum absolute atomic E-state index is 0.0200. The maximum absolute atomic E-state index is 12.3. The summed E-state index contributed by atoms with van der Waals surface area (Å²) < 4.78 is 27.9. The Kier molecular flexibility index (Phi) is 4.53. The Labute approximate surface area is 144 Å². The van der Waals surface area contributed by atoms with E-state index in [4.69, 9.17) is 9.88 Å². The number of hydrogen-bond donors (Lipinski definition) is 1. The smallest absolute Gasteiger partial charge is 0.238 e. The lowest BCUT2D eigenvalue weighted by molar-refractivity contribution is -0.115. The maximum Gasteiger partial charge on any atom is 0.238 e. The van der Waals surface area contributed by atoms with Crippen molar-refractivity contribution in [2.45, 2.75) is 10.3 Å². The summed E-state index contributed by atoms with van der Waals surface area (Å²) in [5.74, 6) is 1.09. The number of sulfonamides is 1. The molecule has 24 heavy (non-hydrogen) atoms. The van der Waals surface area contributed by atoms with E-state index in [9.17, 15) is 13.2 Å². The molecule has 1 amide bonds. The Morgan fingerprint density at radius 3 is 2.29 bits per heavy atom. The third-order valence-electron chi connectivity index (χ3n) is 3.71. The van der Waals surface area contributed by atoms with Gasteiger partial charge in [-0.25, -0.2) is 13.6 Å². The van der Waals surface area contributed by atoms with E-state index in [1.54, 1.807) is 24.1 Å². The molecular weight excluding hydrogens is 348 g/mol. The van der Waals surface area contributed by atoms with Gasteiger partial charge < -0.3 is 4.74 Å². The van der Waals surface area contributed by atoms with Crippen LogP contribution in [0, 0.1) is 0 Å². The molecule has 1 atom stereocenters. The highest BCUT2D eigenvalue weighted by Gasteiger charge is 2.34. The Balaban J connectivity index is 1.93. The van der Waals surface area contributed by atoms with Gasteiger partial charge in [0.1, 0.15) is 11.1 Å². The van der Waals surface area contributed by atoms with Crippen LogP contribution in [0.15, 0.2) is 53.4 Å². The van der Waals surface area contributed by atoms with Crippen LogP contribution in [-0.4, -0.2) is 27.2 Å². The first-order valence-corrected chi connectivity index (χ1v) is 9.70. The lowest BCUT2D eigenvalue weighted by Gasteiger charge is -2.24. The monoisotopic (exact) mass is 364 g/mol. The number of thioether (sulfide) groups is 1. The minimum Gasteiger partial charge on any atom is -0.497 e. The van der Waals surface area contributed by atoms with Crippen molar-refractivity contribution in [2.24, 2.45) is 5.14 Å². The summed E-state index contributed by atoms with van der Waals surface area (Å²) in [4.78, 5) is 14.0. The highest BCUT2D eigenvalue weighted by molar-refractivity contribution is 8.00. The molecular formula is C16H16N2O4S2. The summed E-state index contributed by atoms with van der Waals surface area (Å²) >= 11 is 1.52. The molecule has 1 saturated heterocycles. The average Bonchev–Trinajstić information content (AvgIpc) is 2.96. The molecule has 2 aromatic carbocycles. The van der Waals surface area contributed by atoms with Gasteiger partial charge in [0.05, 0.1) is 17.8 Å². The highest BCUT2D eigenvalue weighted by Crippen LogP contribution is 2.42. The fourth-order valence-corrected chi connectivity index (χ4v) is 4.21. The molecule has 6 nitrogen and oxygen atoms in total. The first kappa shape index (κ1) is 16.8. The van der Waals surface area contributed by atoms with Gasteiger partial charge in [0.25, 0.3) is 0 Å². The van der Waals surface area contributed by atoms with Gasteiger partial charge in [0.15, 0.2) is 0 Å². The van der Waals surface area contributed by atoms with E-state index in [0.717, 1.165) is 11.3 Å². The van der Waals surface area contributed by atoms with Crippen LogP contribution < -0.4 is 14.8 Å². The molecule has 1 heterocycles. The number of amides is 1. The molecule has 8 heteroatoms. The number of rotatable bonds is 4. The first-order chi connectivity index (χ1) is 11.4. The van der Waals surface area contributed by atoms with Gasteiger partial charge in [-0.3, -0.25) is 9.69 Å². The lowest BCUT2D eigenvalue weighted by Crippen LogP contribution is -2.27. The van der Waals surface area contributed by atoms with Crippen molar-refractivity contribution in [2.75, 3.05) is 17.8 Å². The van der Waals surface area contributed by atoms with Gasteiger partial charge in [-0.2, -0.15) is 0 Å². The molecule has 0 radical (unpaired) electrons. The molecule has 0 aromatic heterocycles. The number of benzene rings is 2.